The Labute approximate surface area is 82.6 Å². The molecule has 2 heterocycles. The van der Waals surface area contributed by atoms with Crippen molar-refractivity contribution in [2.75, 3.05) is 13.2 Å². The second kappa shape index (κ2) is 3.98. The van der Waals surface area contributed by atoms with Gasteiger partial charge in [-0.15, -0.1) is 0 Å². The van der Waals surface area contributed by atoms with Crippen LogP contribution in [-0.4, -0.2) is 25.2 Å². The lowest BCUT2D eigenvalue weighted by molar-refractivity contribution is -0.165. The van der Waals surface area contributed by atoms with Gasteiger partial charge in [-0.1, -0.05) is 0 Å². The molecule has 76 valence electrons. The molecule has 2 saturated heterocycles. The minimum atomic E-state index is -0.503. The topological polar surface area (TPSA) is 52.6 Å². The van der Waals surface area contributed by atoms with Crippen molar-refractivity contribution in [2.45, 2.75) is 19.3 Å². The third-order valence-corrected chi connectivity index (χ3v) is 2.57. The standard InChI is InChI=1S/C10H12O4/c11-9-7(3-1-5-13-9)8-4-2-6-14-10(8)12/h7-8H,1-3,5-6H2. The van der Waals surface area contributed by atoms with Crippen molar-refractivity contribution in [1.82, 2.24) is 0 Å². The van der Waals surface area contributed by atoms with Crippen LogP contribution in [0.2, 0.25) is 0 Å². The van der Waals surface area contributed by atoms with E-state index in [9.17, 15) is 9.59 Å². The van der Waals surface area contributed by atoms with E-state index in [1.165, 1.54) is 0 Å². The monoisotopic (exact) mass is 196 g/mol. The van der Waals surface area contributed by atoms with Crippen molar-refractivity contribution in [3.63, 3.8) is 0 Å². The first-order valence-corrected chi connectivity index (χ1v) is 4.86. The number of carbonyl (C=O) groups excluding carboxylic acids is 2. The summed E-state index contributed by atoms with van der Waals surface area (Å²) < 4.78 is 9.79. The molecule has 2 unspecified atom stereocenters. The van der Waals surface area contributed by atoms with E-state index in [-0.39, 0.29) is 17.9 Å². The maximum absolute atomic E-state index is 11.4. The summed E-state index contributed by atoms with van der Waals surface area (Å²) in [5.41, 5.74) is 0. The Balaban J connectivity index is 2.04. The predicted octanol–water partition coefficient (Wildman–Crippen LogP) is 0.584. The minimum Gasteiger partial charge on any atom is -0.465 e. The van der Waals surface area contributed by atoms with E-state index in [4.69, 9.17) is 9.47 Å². The van der Waals surface area contributed by atoms with Crippen molar-refractivity contribution < 1.29 is 19.1 Å². The van der Waals surface area contributed by atoms with Crippen LogP contribution in [0.1, 0.15) is 19.3 Å². The van der Waals surface area contributed by atoms with Gasteiger partial charge >= 0.3 is 11.9 Å². The molecule has 2 aliphatic rings. The van der Waals surface area contributed by atoms with E-state index in [2.05, 4.69) is 6.42 Å². The van der Waals surface area contributed by atoms with Crippen molar-refractivity contribution in [2.24, 2.45) is 11.8 Å². The van der Waals surface area contributed by atoms with Crippen LogP contribution in [0.4, 0.5) is 0 Å². The number of hydrogen-bond acceptors (Lipinski definition) is 4. The van der Waals surface area contributed by atoms with Crippen LogP contribution in [0.15, 0.2) is 0 Å². The Morgan fingerprint density at radius 2 is 1.93 bits per heavy atom. The quantitative estimate of drug-likeness (QED) is 0.576. The number of esters is 2. The van der Waals surface area contributed by atoms with E-state index < -0.39 is 5.92 Å². The van der Waals surface area contributed by atoms with Gasteiger partial charge < -0.3 is 9.47 Å². The van der Waals surface area contributed by atoms with Gasteiger partial charge in [0.15, 0.2) is 0 Å². The fraction of sp³-hybridized carbons (Fsp3) is 0.700. The average molecular weight is 196 g/mol. The summed E-state index contributed by atoms with van der Waals surface area (Å²) in [6.45, 7) is 0.855. The van der Waals surface area contributed by atoms with Gasteiger partial charge in [-0.05, 0) is 19.3 Å². The molecule has 4 nitrogen and oxygen atoms in total. The Bertz CT molecular complexity index is 223. The van der Waals surface area contributed by atoms with Gasteiger partial charge in [0.1, 0.15) is 0 Å². The minimum absolute atomic E-state index is 0.285. The van der Waals surface area contributed by atoms with Crippen LogP contribution in [0.3, 0.4) is 0 Å². The van der Waals surface area contributed by atoms with Crippen LogP contribution in [0.25, 0.3) is 0 Å². The molecule has 0 aromatic carbocycles. The largest absolute Gasteiger partial charge is 0.465 e. The molecule has 2 rings (SSSR count). The molecule has 2 aliphatic heterocycles. The molecule has 4 heteroatoms. The molecule has 2 atom stereocenters. The van der Waals surface area contributed by atoms with Crippen LogP contribution < -0.4 is 0 Å². The zero-order valence-corrected chi connectivity index (χ0v) is 7.82. The first kappa shape index (κ1) is 9.49. The van der Waals surface area contributed by atoms with Gasteiger partial charge in [-0.25, -0.2) is 0 Å². The maximum atomic E-state index is 11.4. The molecule has 0 N–H and O–H groups in total. The van der Waals surface area contributed by atoms with Gasteiger partial charge in [0.05, 0.1) is 25.0 Å². The molecule has 0 aromatic rings. The third-order valence-electron chi connectivity index (χ3n) is 2.57. The van der Waals surface area contributed by atoms with Crippen molar-refractivity contribution in [3.8, 4) is 0 Å². The predicted molar refractivity (Wildman–Crippen MR) is 46.0 cm³/mol. The highest BCUT2D eigenvalue weighted by Gasteiger charge is 2.39. The Morgan fingerprint density at radius 3 is 2.64 bits per heavy atom. The fourth-order valence-electron chi connectivity index (χ4n) is 1.85. The second-order valence-electron chi connectivity index (χ2n) is 3.52. The van der Waals surface area contributed by atoms with E-state index in [0.717, 1.165) is 6.42 Å². The molecule has 0 bridgehead atoms. The highest BCUT2D eigenvalue weighted by atomic mass is 16.5. The first-order valence-electron chi connectivity index (χ1n) is 4.86. The number of rotatable bonds is 1. The molecule has 0 spiro atoms. The summed E-state index contributed by atoms with van der Waals surface area (Å²) in [4.78, 5) is 22.7. The summed E-state index contributed by atoms with van der Waals surface area (Å²) in [6.07, 6.45) is 5.13. The summed E-state index contributed by atoms with van der Waals surface area (Å²) in [5, 5.41) is 0. The lowest BCUT2D eigenvalue weighted by Gasteiger charge is -2.29. The lowest BCUT2D eigenvalue weighted by atomic mass is 9.83. The van der Waals surface area contributed by atoms with Crippen LogP contribution in [0.5, 0.6) is 0 Å². The molecule has 14 heavy (non-hydrogen) atoms. The summed E-state index contributed by atoms with van der Waals surface area (Å²) >= 11 is 0. The summed E-state index contributed by atoms with van der Waals surface area (Å²) in [6, 6.07) is 0. The van der Waals surface area contributed by atoms with Gasteiger partial charge in [-0.2, -0.15) is 0 Å². The molecule has 2 fully saturated rings. The summed E-state index contributed by atoms with van der Waals surface area (Å²) in [7, 11) is 0. The van der Waals surface area contributed by atoms with Crippen LogP contribution in [0, 0.1) is 18.3 Å². The van der Waals surface area contributed by atoms with E-state index in [1.54, 1.807) is 0 Å². The zero-order valence-electron chi connectivity index (χ0n) is 7.82. The summed E-state index contributed by atoms with van der Waals surface area (Å²) in [5.74, 6) is -1.49. The average Bonchev–Trinajstić information content (AvgIpc) is 2.20. The third kappa shape index (κ3) is 1.74. The van der Waals surface area contributed by atoms with Crippen molar-refractivity contribution in [1.29, 1.82) is 0 Å². The second-order valence-corrected chi connectivity index (χ2v) is 3.52. The number of hydrogen-bond donors (Lipinski definition) is 0. The van der Waals surface area contributed by atoms with Gasteiger partial charge in [0.25, 0.3) is 0 Å². The fourth-order valence-corrected chi connectivity index (χ4v) is 1.85. The highest BCUT2D eigenvalue weighted by molar-refractivity contribution is 5.83. The van der Waals surface area contributed by atoms with Crippen LogP contribution >= 0.6 is 0 Å². The zero-order chi connectivity index (χ0) is 9.97. The molecular formula is C10H12O4. The maximum Gasteiger partial charge on any atom is 0.310 e. The smallest absolute Gasteiger partial charge is 0.310 e. The molecular weight excluding hydrogens is 184 g/mol. The number of cyclic esters (lactones) is 2. The van der Waals surface area contributed by atoms with Gasteiger partial charge in [0.2, 0.25) is 0 Å². The first-order chi connectivity index (χ1) is 6.79. The molecule has 0 amide bonds. The van der Waals surface area contributed by atoms with Crippen molar-refractivity contribution in [3.05, 3.63) is 6.42 Å². The normalized spacial score (nSPS) is 33.4. The number of ether oxygens (including phenoxy) is 2. The van der Waals surface area contributed by atoms with Crippen LogP contribution in [-0.2, 0) is 19.1 Å². The highest BCUT2D eigenvalue weighted by Crippen LogP contribution is 2.29. The SMILES string of the molecule is O=C1OCC[C]C1C1CCCOC1=O. The lowest BCUT2D eigenvalue weighted by Crippen LogP contribution is -2.38. The Morgan fingerprint density at radius 1 is 1.14 bits per heavy atom. The van der Waals surface area contributed by atoms with E-state index >= 15 is 0 Å². The number of carbonyl (C=O) groups is 2. The van der Waals surface area contributed by atoms with E-state index in [0.29, 0.717) is 26.1 Å². The van der Waals surface area contributed by atoms with Crippen molar-refractivity contribution >= 4 is 11.9 Å². The van der Waals surface area contributed by atoms with Gasteiger partial charge in [0, 0.05) is 6.42 Å². The molecule has 0 aromatic heterocycles. The molecule has 0 aliphatic carbocycles. The molecule has 2 radical (unpaired) electrons. The van der Waals surface area contributed by atoms with E-state index in [1.807, 2.05) is 0 Å². The Hall–Kier alpha value is -1.06. The van der Waals surface area contributed by atoms with Gasteiger partial charge in [-0.3, -0.25) is 9.59 Å². The molecule has 0 saturated carbocycles. The Kier molecular flexibility index (Phi) is 2.70.